The molecular weight excluding hydrogens is 360 g/mol. The molecule has 0 atom stereocenters. The average molecular weight is 397 g/mol. The fourth-order valence-corrected chi connectivity index (χ4v) is 3.27. The Morgan fingerprint density at radius 1 is 0.931 bits per heavy atom. The number of carbonyl (C=O) groups excluding carboxylic acids is 1. The first kappa shape index (κ1) is 23.0. The molecule has 0 bridgehead atoms. The van der Waals surface area contributed by atoms with Gasteiger partial charge in [0.05, 0.1) is 6.61 Å². The molecule has 2 rings (SSSR count). The molecule has 158 valence electrons. The van der Waals surface area contributed by atoms with Crippen LogP contribution < -0.4 is 10.1 Å². The third-order valence-corrected chi connectivity index (χ3v) is 5.16. The molecule has 0 spiro atoms. The summed E-state index contributed by atoms with van der Waals surface area (Å²) in [6.07, 6.45) is 4.45. The number of hydrogen-bond donors (Lipinski definition) is 1. The van der Waals surface area contributed by atoms with Gasteiger partial charge >= 0.3 is 0 Å². The molecule has 0 fully saturated rings. The Hall–Kier alpha value is -2.33. The summed E-state index contributed by atoms with van der Waals surface area (Å²) in [6.45, 7) is 11.1. The maximum atomic E-state index is 12.5. The van der Waals surface area contributed by atoms with E-state index in [9.17, 15) is 4.79 Å². The van der Waals surface area contributed by atoms with Gasteiger partial charge in [-0.2, -0.15) is 0 Å². The second kappa shape index (κ2) is 13.0. The number of nitrogens with one attached hydrogen (secondary N) is 1. The van der Waals surface area contributed by atoms with Gasteiger partial charge in [-0.15, -0.1) is 0 Å². The Balaban J connectivity index is 1.88. The zero-order valence-corrected chi connectivity index (χ0v) is 18.2. The van der Waals surface area contributed by atoms with E-state index in [2.05, 4.69) is 43.1 Å². The minimum atomic E-state index is -0.0118. The fraction of sp³-hybridized carbons (Fsp3) is 0.480. The van der Waals surface area contributed by atoms with Crippen LogP contribution in [0.2, 0.25) is 0 Å². The summed E-state index contributed by atoms with van der Waals surface area (Å²) in [5, 5.41) is 3.04. The van der Waals surface area contributed by atoms with Gasteiger partial charge < -0.3 is 15.0 Å². The van der Waals surface area contributed by atoms with Crippen molar-refractivity contribution in [1.29, 1.82) is 0 Å². The number of amides is 1. The van der Waals surface area contributed by atoms with Crippen LogP contribution in [0.3, 0.4) is 0 Å². The normalized spacial score (nSPS) is 10.9. The van der Waals surface area contributed by atoms with Crippen molar-refractivity contribution in [3.05, 3.63) is 54.1 Å². The quantitative estimate of drug-likeness (QED) is 0.462. The van der Waals surface area contributed by atoms with Crippen LogP contribution in [0.5, 0.6) is 5.75 Å². The molecule has 0 heterocycles. The Labute approximate surface area is 176 Å². The fourth-order valence-electron chi connectivity index (χ4n) is 3.27. The SMILES string of the molecule is CCCCCOc1ccc(-c2cccc(C(=O)NCCCN(CC)CC)c2)cc1. The zero-order valence-electron chi connectivity index (χ0n) is 18.2. The lowest BCUT2D eigenvalue weighted by atomic mass is 10.0. The van der Waals surface area contributed by atoms with Gasteiger partial charge in [0.2, 0.25) is 0 Å². The van der Waals surface area contributed by atoms with Crippen LogP contribution in [0.4, 0.5) is 0 Å². The average Bonchev–Trinajstić information content (AvgIpc) is 2.77. The van der Waals surface area contributed by atoms with E-state index < -0.39 is 0 Å². The second-order valence-electron chi connectivity index (χ2n) is 7.30. The van der Waals surface area contributed by atoms with Crippen molar-refractivity contribution >= 4 is 5.91 Å². The molecule has 0 aliphatic rings. The van der Waals surface area contributed by atoms with Crippen LogP contribution in [-0.2, 0) is 0 Å². The van der Waals surface area contributed by atoms with E-state index in [0.717, 1.165) is 56.0 Å². The van der Waals surface area contributed by atoms with E-state index in [4.69, 9.17) is 4.74 Å². The van der Waals surface area contributed by atoms with E-state index in [-0.39, 0.29) is 5.91 Å². The summed E-state index contributed by atoms with van der Waals surface area (Å²) in [5.41, 5.74) is 2.82. The molecule has 0 saturated carbocycles. The van der Waals surface area contributed by atoms with E-state index in [1.165, 1.54) is 12.8 Å². The first-order valence-corrected chi connectivity index (χ1v) is 11.0. The number of unbranched alkanes of at least 4 members (excludes halogenated alkanes) is 2. The van der Waals surface area contributed by atoms with E-state index in [1.54, 1.807) is 0 Å². The molecule has 0 aromatic heterocycles. The van der Waals surface area contributed by atoms with Crippen LogP contribution in [0.15, 0.2) is 48.5 Å². The molecule has 4 nitrogen and oxygen atoms in total. The second-order valence-corrected chi connectivity index (χ2v) is 7.30. The van der Waals surface area contributed by atoms with Crippen LogP contribution in [-0.4, -0.2) is 43.6 Å². The van der Waals surface area contributed by atoms with Crippen molar-refractivity contribution in [2.24, 2.45) is 0 Å². The molecule has 29 heavy (non-hydrogen) atoms. The number of carbonyl (C=O) groups is 1. The third kappa shape index (κ3) is 7.90. The smallest absolute Gasteiger partial charge is 0.251 e. The van der Waals surface area contributed by atoms with Gasteiger partial charge in [-0.1, -0.05) is 57.9 Å². The van der Waals surface area contributed by atoms with Gasteiger partial charge in [-0.25, -0.2) is 0 Å². The van der Waals surface area contributed by atoms with Crippen LogP contribution in [0.25, 0.3) is 11.1 Å². The summed E-state index contributed by atoms with van der Waals surface area (Å²) in [6, 6.07) is 15.9. The standard InChI is InChI=1S/C25H36N2O2/c1-4-7-8-19-29-24-15-13-21(14-16-24)22-11-9-12-23(20-22)25(28)26-17-10-18-27(5-2)6-3/h9,11-16,20H,4-8,10,17-19H2,1-3H3,(H,26,28). The molecular formula is C25H36N2O2. The van der Waals surface area contributed by atoms with E-state index >= 15 is 0 Å². The Morgan fingerprint density at radius 3 is 2.38 bits per heavy atom. The summed E-state index contributed by atoms with van der Waals surface area (Å²) >= 11 is 0. The van der Waals surface area contributed by atoms with E-state index in [0.29, 0.717) is 12.1 Å². The monoisotopic (exact) mass is 396 g/mol. The minimum Gasteiger partial charge on any atom is -0.494 e. The van der Waals surface area contributed by atoms with Crippen molar-refractivity contribution in [2.45, 2.75) is 46.5 Å². The third-order valence-electron chi connectivity index (χ3n) is 5.16. The molecule has 4 heteroatoms. The summed E-state index contributed by atoms with van der Waals surface area (Å²) in [5.74, 6) is 0.884. The largest absolute Gasteiger partial charge is 0.494 e. The first-order valence-electron chi connectivity index (χ1n) is 11.0. The highest BCUT2D eigenvalue weighted by molar-refractivity contribution is 5.95. The van der Waals surface area contributed by atoms with Crippen molar-refractivity contribution in [3.8, 4) is 16.9 Å². The van der Waals surface area contributed by atoms with Gasteiger partial charge in [-0.05, 0) is 67.9 Å². The first-order chi connectivity index (χ1) is 14.2. The lowest BCUT2D eigenvalue weighted by molar-refractivity contribution is 0.0952. The van der Waals surface area contributed by atoms with Crippen molar-refractivity contribution < 1.29 is 9.53 Å². The molecule has 2 aromatic carbocycles. The van der Waals surface area contributed by atoms with Crippen LogP contribution in [0.1, 0.15) is 56.8 Å². The molecule has 0 aliphatic heterocycles. The lowest BCUT2D eigenvalue weighted by Gasteiger charge is -2.17. The highest BCUT2D eigenvalue weighted by Gasteiger charge is 2.07. The maximum absolute atomic E-state index is 12.5. The minimum absolute atomic E-state index is 0.0118. The predicted molar refractivity (Wildman–Crippen MR) is 122 cm³/mol. The zero-order chi connectivity index (χ0) is 20.9. The van der Waals surface area contributed by atoms with E-state index in [1.807, 2.05) is 36.4 Å². The molecule has 1 amide bonds. The molecule has 1 N–H and O–H groups in total. The van der Waals surface area contributed by atoms with Crippen molar-refractivity contribution in [2.75, 3.05) is 32.8 Å². The topological polar surface area (TPSA) is 41.6 Å². The lowest BCUT2D eigenvalue weighted by Crippen LogP contribution is -2.29. The molecule has 0 unspecified atom stereocenters. The highest BCUT2D eigenvalue weighted by Crippen LogP contribution is 2.23. The summed E-state index contributed by atoms with van der Waals surface area (Å²) in [4.78, 5) is 14.9. The number of rotatable bonds is 13. The van der Waals surface area contributed by atoms with Crippen LogP contribution >= 0.6 is 0 Å². The molecule has 0 radical (unpaired) electrons. The van der Waals surface area contributed by atoms with Crippen molar-refractivity contribution in [1.82, 2.24) is 10.2 Å². The van der Waals surface area contributed by atoms with Gasteiger partial charge in [0, 0.05) is 12.1 Å². The van der Waals surface area contributed by atoms with Crippen molar-refractivity contribution in [3.63, 3.8) is 0 Å². The molecule has 0 aliphatic carbocycles. The summed E-state index contributed by atoms with van der Waals surface area (Å²) in [7, 11) is 0. The number of ether oxygens (including phenoxy) is 1. The highest BCUT2D eigenvalue weighted by atomic mass is 16.5. The number of nitrogens with zero attached hydrogens (tertiary/aromatic N) is 1. The molecule has 2 aromatic rings. The van der Waals surface area contributed by atoms with Gasteiger partial charge in [-0.3, -0.25) is 4.79 Å². The number of benzene rings is 2. The van der Waals surface area contributed by atoms with Crippen LogP contribution in [0, 0.1) is 0 Å². The predicted octanol–water partition coefficient (Wildman–Crippen LogP) is 5.38. The molecule has 0 saturated heterocycles. The van der Waals surface area contributed by atoms with Gasteiger partial charge in [0.15, 0.2) is 0 Å². The Morgan fingerprint density at radius 2 is 1.69 bits per heavy atom. The Bertz CT molecular complexity index is 724. The van der Waals surface area contributed by atoms with Gasteiger partial charge in [0.1, 0.15) is 5.75 Å². The maximum Gasteiger partial charge on any atom is 0.251 e. The summed E-state index contributed by atoms with van der Waals surface area (Å²) < 4.78 is 5.78. The van der Waals surface area contributed by atoms with Gasteiger partial charge in [0.25, 0.3) is 5.91 Å². The number of hydrogen-bond acceptors (Lipinski definition) is 3. The Kier molecular flexibility index (Phi) is 10.3.